The lowest BCUT2D eigenvalue weighted by atomic mass is 10.2. The van der Waals surface area contributed by atoms with Crippen LogP contribution >= 0.6 is 27.5 Å². The van der Waals surface area contributed by atoms with Gasteiger partial charge >= 0.3 is 5.97 Å². The summed E-state index contributed by atoms with van der Waals surface area (Å²) >= 11 is 9.48. The standard InChI is InChI=1S/C19H19BrClNO4S/c1-13-11-15(20)12-17(21)18(13)26-19(23)14-5-7-16(8-6-14)27(24,25)22-9-3-2-4-10-22/h5-8,11-12H,2-4,9-10H2,1H3. The summed E-state index contributed by atoms with van der Waals surface area (Å²) in [6.07, 6.45) is 2.79. The molecule has 1 aliphatic rings. The van der Waals surface area contributed by atoms with Crippen molar-refractivity contribution in [1.29, 1.82) is 0 Å². The van der Waals surface area contributed by atoms with Gasteiger partial charge in [0.15, 0.2) is 5.75 Å². The van der Waals surface area contributed by atoms with Crippen molar-refractivity contribution in [3.63, 3.8) is 0 Å². The molecule has 1 aliphatic heterocycles. The average molecular weight is 473 g/mol. The van der Waals surface area contributed by atoms with Crippen LogP contribution in [0.5, 0.6) is 5.75 Å². The Hall–Kier alpha value is -1.41. The Morgan fingerprint density at radius 1 is 1.11 bits per heavy atom. The highest BCUT2D eigenvalue weighted by Crippen LogP contribution is 2.32. The summed E-state index contributed by atoms with van der Waals surface area (Å²) in [5, 5.41) is 0.319. The van der Waals surface area contributed by atoms with E-state index in [1.54, 1.807) is 19.1 Å². The molecule has 0 spiro atoms. The van der Waals surface area contributed by atoms with Crippen LogP contribution in [0.25, 0.3) is 0 Å². The number of benzene rings is 2. The molecule has 8 heteroatoms. The van der Waals surface area contributed by atoms with Crippen LogP contribution in [-0.4, -0.2) is 31.8 Å². The zero-order chi connectivity index (χ0) is 19.6. The molecule has 1 fully saturated rings. The monoisotopic (exact) mass is 471 g/mol. The van der Waals surface area contributed by atoms with E-state index in [0.717, 1.165) is 23.7 Å². The van der Waals surface area contributed by atoms with E-state index in [-0.39, 0.29) is 16.2 Å². The third-order valence-electron chi connectivity index (χ3n) is 4.43. The van der Waals surface area contributed by atoms with Gasteiger partial charge in [-0.05, 0) is 61.7 Å². The van der Waals surface area contributed by atoms with Gasteiger partial charge in [0.1, 0.15) is 0 Å². The summed E-state index contributed by atoms with van der Waals surface area (Å²) in [5.74, 6) is -0.306. The van der Waals surface area contributed by atoms with Gasteiger partial charge in [0, 0.05) is 17.6 Å². The molecule has 1 saturated heterocycles. The molecule has 5 nitrogen and oxygen atoms in total. The molecule has 1 heterocycles. The third-order valence-corrected chi connectivity index (χ3v) is 7.08. The fourth-order valence-corrected chi connectivity index (χ4v) is 5.51. The fourth-order valence-electron chi connectivity index (χ4n) is 2.99. The zero-order valence-corrected chi connectivity index (χ0v) is 17.9. The van der Waals surface area contributed by atoms with E-state index >= 15 is 0 Å². The van der Waals surface area contributed by atoms with Gasteiger partial charge in [0.05, 0.1) is 15.5 Å². The van der Waals surface area contributed by atoms with Gasteiger partial charge < -0.3 is 4.74 Å². The highest BCUT2D eigenvalue weighted by molar-refractivity contribution is 9.10. The second-order valence-corrected chi connectivity index (χ2v) is 9.67. The van der Waals surface area contributed by atoms with E-state index in [9.17, 15) is 13.2 Å². The Labute approximate surface area is 172 Å². The Morgan fingerprint density at radius 3 is 2.33 bits per heavy atom. The van der Waals surface area contributed by atoms with Crippen LogP contribution < -0.4 is 4.74 Å². The largest absolute Gasteiger partial charge is 0.421 e. The van der Waals surface area contributed by atoms with Gasteiger partial charge in [-0.2, -0.15) is 4.31 Å². The van der Waals surface area contributed by atoms with Crippen LogP contribution in [0.15, 0.2) is 45.8 Å². The zero-order valence-electron chi connectivity index (χ0n) is 14.7. The minimum Gasteiger partial charge on any atom is -0.421 e. The van der Waals surface area contributed by atoms with Crippen molar-refractivity contribution in [1.82, 2.24) is 4.31 Å². The number of rotatable bonds is 4. The van der Waals surface area contributed by atoms with E-state index in [1.165, 1.54) is 28.6 Å². The maximum atomic E-state index is 12.7. The first-order valence-electron chi connectivity index (χ1n) is 8.57. The molecule has 0 bridgehead atoms. The summed E-state index contributed by atoms with van der Waals surface area (Å²) in [5.41, 5.74) is 0.970. The quantitative estimate of drug-likeness (QED) is 0.473. The number of piperidine rings is 1. The summed E-state index contributed by atoms with van der Waals surface area (Å²) in [7, 11) is -3.53. The number of esters is 1. The van der Waals surface area contributed by atoms with Gasteiger partial charge in [-0.3, -0.25) is 0 Å². The van der Waals surface area contributed by atoms with E-state index in [2.05, 4.69) is 15.9 Å². The number of sulfonamides is 1. The Bertz CT molecular complexity index is 931. The molecule has 0 aromatic heterocycles. The SMILES string of the molecule is Cc1cc(Br)cc(Cl)c1OC(=O)c1ccc(S(=O)(=O)N2CCCCC2)cc1. The van der Waals surface area contributed by atoms with E-state index in [4.69, 9.17) is 16.3 Å². The molecule has 0 radical (unpaired) electrons. The molecule has 0 amide bonds. The fraction of sp³-hybridized carbons (Fsp3) is 0.316. The predicted octanol–water partition coefficient (Wildman–Crippen LogP) is 4.80. The molecule has 2 aromatic rings. The van der Waals surface area contributed by atoms with Crippen molar-refractivity contribution in [2.45, 2.75) is 31.1 Å². The van der Waals surface area contributed by atoms with Gasteiger partial charge in [0.2, 0.25) is 10.0 Å². The van der Waals surface area contributed by atoms with Gasteiger partial charge in [-0.25, -0.2) is 13.2 Å². The molecule has 2 aromatic carbocycles. The molecule has 0 N–H and O–H groups in total. The molecule has 0 aliphatic carbocycles. The number of ether oxygens (including phenoxy) is 1. The average Bonchev–Trinajstić information content (AvgIpc) is 2.65. The van der Waals surface area contributed by atoms with Gasteiger partial charge in [-0.1, -0.05) is 34.0 Å². The lowest BCUT2D eigenvalue weighted by Gasteiger charge is -2.25. The maximum absolute atomic E-state index is 12.7. The normalized spacial score (nSPS) is 15.5. The molecular formula is C19H19BrClNO4S. The van der Waals surface area contributed by atoms with Crippen LogP contribution in [0.2, 0.25) is 5.02 Å². The van der Waals surface area contributed by atoms with E-state index < -0.39 is 16.0 Å². The lowest BCUT2D eigenvalue weighted by molar-refractivity contribution is 0.0733. The summed E-state index contributed by atoms with van der Waals surface area (Å²) < 4.78 is 33.0. The van der Waals surface area contributed by atoms with Crippen LogP contribution in [0.3, 0.4) is 0 Å². The number of carbonyl (C=O) groups excluding carboxylic acids is 1. The molecule has 0 unspecified atom stereocenters. The molecular weight excluding hydrogens is 454 g/mol. The second-order valence-electron chi connectivity index (χ2n) is 6.41. The predicted molar refractivity (Wildman–Crippen MR) is 108 cm³/mol. The van der Waals surface area contributed by atoms with E-state index in [0.29, 0.717) is 23.7 Å². The van der Waals surface area contributed by atoms with Crippen LogP contribution in [0, 0.1) is 6.92 Å². The first-order valence-corrected chi connectivity index (χ1v) is 11.2. The summed E-state index contributed by atoms with van der Waals surface area (Å²) in [4.78, 5) is 12.6. The molecule has 0 saturated carbocycles. The van der Waals surface area contributed by atoms with Crippen LogP contribution in [-0.2, 0) is 10.0 Å². The van der Waals surface area contributed by atoms with Crippen molar-refractivity contribution >= 4 is 43.5 Å². The van der Waals surface area contributed by atoms with Crippen molar-refractivity contribution < 1.29 is 17.9 Å². The third kappa shape index (κ3) is 4.54. The number of hydrogen-bond acceptors (Lipinski definition) is 4. The molecule has 27 heavy (non-hydrogen) atoms. The number of nitrogens with zero attached hydrogens (tertiary/aromatic N) is 1. The smallest absolute Gasteiger partial charge is 0.343 e. The molecule has 144 valence electrons. The van der Waals surface area contributed by atoms with Crippen molar-refractivity contribution in [3.05, 3.63) is 57.0 Å². The first-order chi connectivity index (χ1) is 12.8. The molecule has 3 rings (SSSR count). The number of carbonyl (C=O) groups is 1. The highest BCUT2D eigenvalue weighted by Gasteiger charge is 2.26. The van der Waals surface area contributed by atoms with Crippen LogP contribution in [0.1, 0.15) is 35.2 Å². The topological polar surface area (TPSA) is 63.7 Å². The number of aryl methyl sites for hydroxylation is 1. The minimum absolute atomic E-state index is 0.179. The second kappa shape index (κ2) is 8.31. The van der Waals surface area contributed by atoms with Crippen molar-refractivity contribution in [2.75, 3.05) is 13.1 Å². The summed E-state index contributed by atoms with van der Waals surface area (Å²) in [6, 6.07) is 9.24. The van der Waals surface area contributed by atoms with Crippen LogP contribution in [0.4, 0.5) is 0 Å². The van der Waals surface area contributed by atoms with E-state index in [1.807, 2.05) is 0 Å². The molecule has 0 atom stereocenters. The Kier molecular flexibility index (Phi) is 6.25. The summed E-state index contributed by atoms with van der Waals surface area (Å²) in [6.45, 7) is 2.86. The Morgan fingerprint density at radius 2 is 1.74 bits per heavy atom. The van der Waals surface area contributed by atoms with Crippen molar-refractivity contribution in [3.8, 4) is 5.75 Å². The van der Waals surface area contributed by atoms with Crippen molar-refractivity contribution in [2.24, 2.45) is 0 Å². The lowest BCUT2D eigenvalue weighted by Crippen LogP contribution is -2.35. The highest BCUT2D eigenvalue weighted by atomic mass is 79.9. The number of hydrogen-bond donors (Lipinski definition) is 0. The Balaban J connectivity index is 1.78. The first kappa shape index (κ1) is 20.3. The number of halogens is 2. The maximum Gasteiger partial charge on any atom is 0.343 e. The van der Waals surface area contributed by atoms with Gasteiger partial charge in [-0.15, -0.1) is 0 Å². The minimum atomic E-state index is -3.53. The van der Waals surface area contributed by atoms with Gasteiger partial charge in [0.25, 0.3) is 0 Å².